The van der Waals surface area contributed by atoms with E-state index in [1.165, 1.54) is 7.11 Å². The van der Waals surface area contributed by atoms with Crippen LogP contribution in [-0.2, 0) is 4.74 Å². The van der Waals surface area contributed by atoms with Gasteiger partial charge in [0.25, 0.3) is 0 Å². The van der Waals surface area contributed by atoms with Gasteiger partial charge in [0.2, 0.25) is 0 Å². The van der Waals surface area contributed by atoms with Gasteiger partial charge in [-0.2, -0.15) is 0 Å². The van der Waals surface area contributed by atoms with Gasteiger partial charge in [-0.05, 0) is 30.7 Å². The predicted octanol–water partition coefficient (Wildman–Crippen LogP) is 2.57. The monoisotopic (exact) mass is 215 g/mol. The van der Waals surface area contributed by atoms with Crippen LogP contribution in [-0.4, -0.2) is 17.6 Å². The Balaban J connectivity index is 2.62. The summed E-state index contributed by atoms with van der Waals surface area (Å²) in [6.45, 7) is 1.97. The van der Waals surface area contributed by atoms with Gasteiger partial charge in [-0.1, -0.05) is 12.1 Å². The molecule has 16 heavy (non-hydrogen) atoms. The largest absolute Gasteiger partial charge is 0.465 e. The number of nitrogens with zero attached hydrogens (tertiary/aromatic N) is 1. The third kappa shape index (κ3) is 1.72. The summed E-state index contributed by atoms with van der Waals surface area (Å²) in [4.78, 5) is 11.6. The van der Waals surface area contributed by atoms with Crippen molar-refractivity contribution in [2.24, 2.45) is 0 Å². The highest BCUT2D eigenvalue weighted by Crippen LogP contribution is 2.20. The Hall–Kier alpha value is -2.03. The van der Waals surface area contributed by atoms with Gasteiger partial charge in [-0.3, -0.25) is 0 Å². The molecule has 0 aliphatic carbocycles. The first-order valence-corrected chi connectivity index (χ1v) is 5.05. The first kappa shape index (κ1) is 10.5. The lowest BCUT2D eigenvalue weighted by atomic mass is 10.1. The maximum Gasteiger partial charge on any atom is 0.340 e. The molecule has 82 valence electrons. The number of methoxy groups -OCH3 is 1. The summed E-state index contributed by atoms with van der Waals surface area (Å²) < 4.78 is 6.70. The van der Waals surface area contributed by atoms with E-state index in [1.54, 1.807) is 6.07 Å². The van der Waals surface area contributed by atoms with Crippen LogP contribution in [0.3, 0.4) is 0 Å². The maximum absolute atomic E-state index is 11.6. The highest BCUT2D eigenvalue weighted by Gasteiger charge is 2.14. The fourth-order valence-corrected chi connectivity index (χ4v) is 1.76. The van der Waals surface area contributed by atoms with Crippen LogP contribution in [0.5, 0.6) is 0 Å². The summed E-state index contributed by atoms with van der Waals surface area (Å²) in [6, 6.07) is 9.45. The quantitative estimate of drug-likeness (QED) is 0.721. The fraction of sp³-hybridized carbons (Fsp3) is 0.154. The van der Waals surface area contributed by atoms with Crippen LogP contribution in [0.25, 0.3) is 5.69 Å². The molecule has 0 fully saturated rings. The van der Waals surface area contributed by atoms with Gasteiger partial charge < -0.3 is 9.30 Å². The van der Waals surface area contributed by atoms with Gasteiger partial charge >= 0.3 is 5.97 Å². The lowest BCUT2D eigenvalue weighted by Gasteiger charge is -2.11. The van der Waals surface area contributed by atoms with E-state index in [0.29, 0.717) is 5.56 Å². The van der Waals surface area contributed by atoms with Crippen molar-refractivity contribution in [1.82, 2.24) is 4.57 Å². The van der Waals surface area contributed by atoms with Crippen LogP contribution in [0, 0.1) is 6.92 Å². The molecule has 0 unspecified atom stereocenters. The van der Waals surface area contributed by atoms with Crippen molar-refractivity contribution in [3.63, 3.8) is 0 Å². The Kier molecular flexibility index (Phi) is 2.77. The molecule has 0 saturated heterocycles. The molecule has 0 amide bonds. The highest BCUT2D eigenvalue weighted by atomic mass is 16.5. The molecule has 0 bridgehead atoms. The average Bonchev–Trinajstić information content (AvgIpc) is 2.81. The molecule has 2 rings (SSSR count). The van der Waals surface area contributed by atoms with E-state index in [0.717, 1.165) is 11.3 Å². The van der Waals surface area contributed by atoms with Crippen molar-refractivity contribution in [3.8, 4) is 5.69 Å². The van der Waals surface area contributed by atoms with E-state index in [9.17, 15) is 4.79 Å². The summed E-state index contributed by atoms with van der Waals surface area (Å²) in [6.07, 6.45) is 3.82. The second kappa shape index (κ2) is 4.23. The van der Waals surface area contributed by atoms with Crippen LogP contribution in [0.15, 0.2) is 42.7 Å². The number of aryl methyl sites for hydroxylation is 1. The van der Waals surface area contributed by atoms with Gasteiger partial charge in [-0.15, -0.1) is 0 Å². The number of para-hydroxylation sites is 1. The summed E-state index contributed by atoms with van der Waals surface area (Å²) in [5.74, 6) is -0.313. The molecular weight excluding hydrogens is 202 g/mol. The summed E-state index contributed by atoms with van der Waals surface area (Å²) in [7, 11) is 1.39. The number of carbonyl (C=O) groups is 1. The summed E-state index contributed by atoms with van der Waals surface area (Å²) >= 11 is 0. The Labute approximate surface area is 94.3 Å². The molecule has 1 aromatic heterocycles. The van der Waals surface area contributed by atoms with Crippen LogP contribution < -0.4 is 0 Å². The predicted molar refractivity (Wildman–Crippen MR) is 61.8 cm³/mol. The van der Waals surface area contributed by atoms with Crippen molar-refractivity contribution >= 4 is 5.97 Å². The first-order chi connectivity index (χ1) is 7.74. The van der Waals surface area contributed by atoms with Crippen LogP contribution in [0.4, 0.5) is 0 Å². The second-order valence-corrected chi connectivity index (χ2v) is 3.55. The molecule has 0 N–H and O–H groups in total. The van der Waals surface area contributed by atoms with Crippen LogP contribution in [0.1, 0.15) is 15.9 Å². The smallest absolute Gasteiger partial charge is 0.340 e. The first-order valence-electron chi connectivity index (χ1n) is 5.05. The third-order valence-electron chi connectivity index (χ3n) is 2.51. The Morgan fingerprint density at radius 3 is 2.50 bits per heavy atom. The number of benzene rings is 1. The summed E-state index contributed by atoms with van der Waals surface area (Å²) in [5.41, 5.74) is 2.50. The van der Waals surface area contributed by atoms with Gasteiger partial charge in [0.05, 0.1) is 18.4 Å². The van der Waals surface area contributed by atoms with E-state index in [1.807, 2.05) is 48.1 Å². The normalized spacial score (nSPS) is 10.1. The SMILES string of the molecule is COC(=O)c1cccc(C)c1-n1cccc1. The topological polar surface area (TPSA) is 31.2 Å². The molecule has 0 aliphatic heterocycles. The summed E-state index contributed by atoms with van der Waals surface area (Å²) in [5, 5.41) is 0. The second-order valence-electron chi connectivity index (χ2n) is 3.55. The molecule has 3 nitrogen and oxygen atoms in total. The zero-order valence-corrected chi connectivity index (χ0v) is 9.31. The minimum Gasteiger partial charge on any atom is -0.465 e. The Morgan fingerprint density at radius 1 is 1.19 bits per heavy atom. The van der Waals surface area contributed by atoms with Gasteiger partial charge in [0.1, 0.15) is 0 Å². The molecule has 0 radical (unpaired) electrons. The van der Waals surface area contributed by atoms with E-state index < -0.39 is 0 Å². The van der Waals surface area contributed by atoms with Gasteiger partial charge in [0.15, 0.2) is 0 Å². The molecule has 1 heterocycles. The van der Waals surface area contributed by atoms with Crippen LogP contribution in [0.2, 0.25) is 0 Å². The number of rotatable bonds is 2. The third-order valence-corrected chi connectivity index (χ3v) is 2.51. The van der Waals surface area contributed by atoms with Crippen molar-refractivity contribution < 1.29 is 9.53 Å². The number of hydrogen-bond acceptors (Lipinski definition) is 2. The number of ether oxygens (including phenoxy) is 1. The molecule has 1 aromatic carbocycles. The Morgan fingerprint density at radius 2 is 1.88 bits per heavy atom. The van der Waals surface area contributed by atoms with Gasteiger partial charge in [0, 0.05) is 12.4 Å². The zero-order valence-electron chi connectivity index (χ0n) is 9.31. The van der Waals surface area contributed by atoms with Gasteiger partial charge in [-0.25, -0.2) is 4.79 Å². The molecule has 2 aromatic rings. The molecule has 0 saturated carbocycles. The number of hydrogen-bond donors (Lipinski definition) is 0. The zero-order chi connectivity index (χ0) is 11.5. The molecule has 0 atom stereocenters. The van der Waals surface area contributed by atoms with Crippen molar-refractivity contribution in [3.05, 3.63) is 53.9 Å². The van der Waals surface area contributed by atoms with E-state index in [2.05, 4.69) is 0 Å². The van der Waals surface area contributed by atoms with Crippen molar-refractivity contribution in [1.29, 1.82) is 0 Å². The maximum atomic E-state index is 11.6. The number of aromatic nitrogens is 1. The number of esters is 1. The lowest BCUT2D eigenvalue weighted by molar-refractivity contribution is 0.0600. The van der Waals surface area contributed by atoms with E-state index >= 15 is 0 Å². The Bertz CT molecular complexity index is 501. The minimum absolute atomic E-state index is 0.313. The highest BCUT2D eigenvalue weighted by molar-refractivity contribution is 5.94. The molecule has 3 heteroatoms. The van der Waals surface area contributed by atoms with Crippen molar-refractivity contribution in [2.75, 3.05) is 7.11 Å². The fourth-order valence-electron chi connectivity index (χ4n) is 1.76. The lowest BCUT2D eigenvalue weighted by Crippen LogP contribution is -2.08. The molecular formula is C13H13NO2. The standard InChI is InChI=1S/C13H13NO2/c1-10-6-5-7-11(13(15)16-2)12(10)14-8-3-4-9-14/h3-9H,1-2H3. The molecule has 0 spiro atoms. The van der Waals surface area contributed by atoms with Crippen LogP contribution >= 0.6 is 0 Å². The average molecular weight is 215 g/mol. The minimum atomic E-state index is -0.313. The van der Waals surface area contributed by atoms with E-state index in [-0.39, 0.29) is 5.97 Å². The number of carbonyl (C=O) groups excluding carboxylic acids is 1. The van der Waals surface area contributed by atoms with E-state index in [4.69, 9.17) is 4.74 Å². The molecule has 0 aliphatic rings. The van der Waals surface area contributed by atoms with Crippen molar-refractivity contribution in [2.45, 2.75) is 6.92 Å².